The third-order valence-corrected chi connectivity index (χ3v) is 2.53. The van der Waals surface area contributed by atoms with Gasteiger partial charge < -0.3 is 10.1 Å². The molecule has 0 aromatic heterocycles. The predicted octanol–water partition coefficient (Wildman–Crippen LogP) is 0.727. The number of amides is 1. The number of hydrogen-bond acceptors (Lipinski definition) is 3. The highest BCUT2D eigenvalue weighted by atomic mass is 32.2. The van der Waals surface area contributed by atoms with E-state index in [1.165, 1.54) is 0 Å². The van der Waals surface area contributed by atoms with Crippen LogP contribution in [0.1, 0.15) is 6.92 Å². The van der Waals surface area contributed by atoms with Crippen molar-refractivity contribution in [3.63, 3.8) is 0 Å². The van der Waals surface area contributed by atoms with Gasteiger partial charge in [0.15, 0.2) is 0 Å². The van der Waals surface area contributed by atoms with Gasteiger partial charge >= 0.3 is 0 Å². The number of allylic oxidation sites excluding steroid dienone is 1. The zero-order valence-corrected chi connectivity index (χ0v) is 7.46. The summed E-state index contributed by atoms with van der Waals surface area (Å²) in [7, 11) is 1.62. The molecule has 0 bridgehead atoms. The Hall–Kier alpha value is -0.640. The van der Waals surface area contributed by atoms with Gasteiger partial charge in [0.05, 0.1) is 6.61 Å². The lowest BCUT2D eigenvalue weighted by atomic mass is 10.4. The van der Waals surface area contributed by atoms with E-state index in [2.05, 4.69) is 5.32 Å². The summed E-state index contributed by atoms with van der Waals surface area (Å²) in [6.45, 7) is 2.52. The monoisotopic (exact) mass is 173 g/mol. The summed E-state index contributed by atoms with van der Waals surface area (Å²) in [6, 6.07) is 0. The summed E-state index contributed by atoms with van der Waals surface area (Å²) < 4.78 is 5.21. The summed E-state index contributed by atoms with van der Waals surface area (Å²) in [6.07, 6.45) is 0. The van der Waals surface area contributed by atoms with E-state index in [0.717, 1.165) is 11.5 Å². The van der Waals surface area contributed by atoms with Gasteiger partial charge in [-0.25, -0.2) is 0 Å². The minimum atomic E-state index is -0.0489. The molecule has 0 aromatic rings. The van der Waals surface area contributed by atoms with Gasteiger partial charge in [-0.2, -0.15) is 0 Å². The number of rotatable bonds is 1. The van der Waals surface area contributed by atoms with Gasteiger partial charge in [-0.3, -0.25) is 4.79 Å². The van der Waals surface area contributed by atoms with E-state index >= 15 is 0 Å². The van der Waals surface area contributed by atoms with Crippen molar-refractivity contribution in [2.45, 2.75) is 6.92 Å². The van der Waals surface area contributed by atoms with Crippen LogP contribution in [-0.2, 0) is 9.53 Å². The molecule has 4 heteroatoms. The van der Waals surface area contributed by atoms with Crippen molar-refractivity contribution in [3.05, 3.63) is 10.7 Å². The molecule has 0 aromatic carbocycles. The number of carbonyl (C=O) groups excluding carboxylic acids is 1. The van der Waals surface area contributed by atoms with Crippen LogP contribution in [0.15, 0.2) is 10.7 Å². The maximum atomic E-state index is 11.1. The first-order valence-corrected chi connectivity index (χ1v) is 4.43. The lowest BCUT2D eigenvalue weighted by Gasteiger charge is -2.16. The van der Waals surface area contributed by atoms with Crippen LogP contribution in [0.25, 0.3) is 0 Å². The van der Waals surface area contributed by atoms with Crippen molar-refractivity contribution < 1.29 is 9.53 Å². The van der Waals surface area contributed by atoms with E-state index in [4.69, 9.17) is 4.74 Å². The summed E-state index contributed by atoms with van der Waals surface area (Å²) in [4.78, 5) is 11.8. The quantitative estimate of drug-likeness (QED) is 0.635. The Labute approximate surface area is 70.2 Å². The van der Waals surface area contributed by atoms with Gasteiger partial charge in [0.1, 0.15) is 10.7 Å². The molecule has 1 aliphatic heterocycles. The van der Waals surface area contributed by atoms with Crippen LogP contribution >= 0.6 is 11.8 Å². The van der Waals surface area contributed by atoms with Crippen LogP contribution in [0.5, 0.6) is 0 Å². The highest BCUT2D eigenvalue weighted by Crippen LogP contribution is 2.24. The van der Waals surface area contributed by atoms with Crippen LogP contribution in [0.3, 0.4) is 0 Å². The molecule has 0 unspecified atom stereocenters. The van der Waals surface area contributed by atoms with E-state index in [-0.39, 0.29) is 5.91 Å². The van der Waals surface area contributed by atoms with Gasteiger partial charge in [-0.1, -0.05) is 0 Å². The van der Waals surface area contributed by atoms with Crippen molar-refractivity contribution in [2.24, 2.45) is 0 Å². The Balaban J connectivity index is 2.74. The zero-order chi connectivity index (χ0) is 8.27. The smallest absolute Gasteiger partial charge is 0.260 e. The van der Waals surface area contributed by atoms with Crippen LogP contribution in [0.2, 0.25) is 0 Å². The predicted molar refractivity (Wildman–Crippen MR) is 45.2 cm³/mol. The Kier molecular flexibility index (Phi) is 2.82. The Bertz CT molecular complexity index is 201. The highest BCUT2D eigenvalue weighted by Gasteiger charge is 2.16. The molecule has 62 valence electrons. The molecule has 1 amide bonds. The first-order chi connectivity index (χ1) is 5.25. The standard InChI is InChI=1S/C7H11NO2S/c1-5-6(7(9)8-2)11-4-3-10-5/h3-4H2,1-2H3,(H,8,9). The van der Waals surface area contributed by atoms with E-state index in [1.54, 1.807) is 18.8 Å². The topological polar surface area (TPSA) is 38.3 Å². The van der Waals surface area contributed by atoms with E-state index < -0.39 is 0 Å². The fourth-order valence-electron chi connectivity index (χ4n) is 0.845. The number of nitrogens with one attached hydrogen (secondary N) is 1. The van der Waals surface area contributed by atoms with Crippen LogP contribution in [-0.4, -0.2) is 25.3 Å². The van der Waals surface area contributed by atoms with Crippen LogP contribution < -0.4 is 5.32 Å². The molecule has 0 spiro atoms. The molecule has 0 aliphatic carbocycles. The average Bonchev–Trinajstić information content (AvgIpc) is 2.04. The number of likely N-dealkylation sites (N-methyl/N-ethyl adjacent to an activating group) is 1. The van der Waals surface area contributed by atoms with Gasteiger partial charge in [0.2, 0.25) is 0 Å². The van der Waals surface area contributed by atoms with E-state index in [0.29, 0.717) is 11.5 Å². The Morgan fingerprint density at radius 3 is 3.00 bits per heavy atom. The minimum Gasteiger partial charge on any atom is -0.496 e. The number of carbonyl (C=O) groups is 1. The number of ether oxygens (including phenoxy) is 1. The molecule has 0 atom stereocenters. The maximum Gasteiger partial charge on any atom is 0.260 e. The van der Waals surface area contributed by atoms with Crippen LogP contribution in [0.4, 0.5) is 0 Å². The SMILES string of the molecule is CNC(=O)C1=C(C)OCCS1. The summed E-state index contributed by atoms with van der Waals surface area (Å²) in [5, 5.41) is 2.57. The van der Waals surface area contributed by atoms with Gasteiger partial charge in [0.25, 0.3) is 5.91 Å². The molecule has 1 heterocycles. The van der Waals surface area contributed by atoms with Crippen molar-refractivity contribution >= 4 is 17.7 Å². The molecular formula is C7H11NO2S. The van der Waals surface area contributed by atoms with Crippen molar-refractivity contribution in [2.75, 3.05) is 19.4 Å². The highest BCUT2D eigenvalue weighted by molar-refractivity contribution is 8.04. The first-order valence-electron chi connectivity index (χ1n) is 3.44. The molecule has 1 aliphatic rings. The second-order valence-electron chi connectivity index (χ2n) is 2.16. The zero-order valence-electron chi connectivity index (χ0n) is 6.64. The maximum absolute atomic E-state index is 11.1. The normalized spacial score (nSPS) is 17.6. The largest absolute Gasteiger partial charge is 0.496 e. The second kappa shape index (κ2) is 3.67. The molecular weight excluding hydrogens is 162 g/mol. The van der Waals surface area contributed by atoms with Crippen molar-refractivity contribution in [3.8, 4) is 0 Å². The number of hydrogen-bond donors (Lipinski definition) is 1. The minimum absolute atomic E-state index is 0.0489. The van der Waals surface area contributed by atoms with Gasteiger partial charge in [-0.05, 0) is 6.92 Å². The Morgan fingerprint density at radius 1 is 1.73 bits per heavy atom. The van der Waals surface area contributed by atoms with Gasteiger partial charge in [-0.15, -0.1) is 11.8 Å². The number of thioether (sulfide) groups is 1. The lowest BCUT2D eigenvalue weighted by molar-refractivity contribution is -0.116. The molecule has 0 fully saturated rings. The molecule has 1 rings (SSSR count). The summed E-state index contributed by atoms with van der Waals surface area (Å²) in [5.41, 5.74) is 0. The molecule has 11 heavy (non-hydrogen) atoms. The Morgan fingerprint density at radius 2 is 2.45 bits per heavy atom. The molecule has 3 nitrogen and oxygen atoms in total. The first kappa shape index (κ1) is 8.46. The molecule has 1 N–H and O–H groups in total. The average molecular weight is 173 g/mol. The van der Waals surface area contributed by atoms with E-state index in [1.807, 2.05) is 6.92 Å². The van der Waals surface area contributed by atoms with E-state index in [9.17, 15) is 4.79 Å². The summed E-state index contributed by atoms with van der Waals surface area (Å²) in [5.74, 6) is 1.55. The third kappa shape index (κ3) is 1.89. The van der Waals surface area contributed by atoms with Crippen LogP contribution in [0, 0.1) is 0 Å². The van der Waals surface area contributed by atoms with Crippen molar-refractivity contribution in [1.82, 2.24) is 5.32 Å². The fourth-order valence-corrected chi connectivity index (χ4v) is 1.71. The van der Waals surface area contributed by atoms with Crippen molar-refractivity contribution in [1.29, 1.82) is 0 Å². The molecule has 0 saturated carbocycles. The fraction of sp³-hybridized carbons (Fsp3) is 0.571. The molecule has 0 saturated heterocycles. The second-order valence-corrected chi connectivity index (χ2v) is 3.27. The third-order valence-electron chi connectivity index (χ3n) is 1.40. The summed E-state index contributed by atoms with van der Waals surface area (Å²) >= 11 is 1.55. The van der Waals surface area contributed by atoms with Gasteiger partial charge in [0, 0.05) is 12.8 Å². The lowest BCUT2D eigenvalue weighted by Crippen LogP contribution is -2.22. The molecule has 0 radical (unpaired) electrons.